The summed E-state index contributed by atoms with van der Waals surface area (Å²) in [4.78, 5) is 0. The van der Waals surface area contributed by atoms with Gasteiger partial charge in [0, 0.05) is 5.02 Å². The molecular weight excluding hydrogens is 220 g/mol. The number of hydrogen-bond acceptors (Lipinski definition) is 1. The lowest BCUT2D eigenvalue weighted by Gasteiger charge is -1.95. The number of phenolic OH excluding ortho intramolecular Hbond substituents is 1. The number of halogens is 1. The molecule has 0 aromatic heterocycles. The van der Waals surface area contributed by atoms with Crippen molar-refractivity contribution in [2.24, 2.45) is 11.8 Å². The molecule has 0 heterocycles. The summed E-state index contributed by atoms with van der Waals surface area (Å²) in [7, 11) is 0. The van der Waals surface area contributed by atoms with E-state index in [1.807, 2.05) is 0 Å². The molecule has 2 heteroatoms. The molecule has 16 heavy (non-hydrogen) atoms. The molecule has 1 aromatic carbocycles. The Balaban J connectivity index is 0.000000134. The molecule has 2 aliphatic carbocycles. The highest BCUT2D eigenvalue weighted by molar-refractivity contribution is 6.30. The Hall–Kier alpha value is -1.13. The number of benzene rings is 1. The van der Waals surface area contributed by atoms with Gasteiger partial charge in [-0.25, -0.2) is 0 Å². The lowest BCUT2D eigenvalue weighted by Crippen LogP contribution is -1.74. The molecule has 2 fully saturated rings. The Labute approximate surface area is 101 Å². The average Bonchev–Trinajstić information content (AvgIpc) is 2.87. The third-order valence-corrected chi connectivity index (χ3v) is 3.57. The Morgan fingerprint density at radius 2 is 2.00 bits per heavy atom. The molecule has 0 saturated heterocycles. The van der Waals surface area contributed by atoms with Gasteiger partial charge >= 0.3 is 0 Å². The van der Waals surface area contributed by atoms with E-state index in [0.29, 0.717) is 10.6 Å². The molecule has 1 nitrogen and oxygen atoms in total. The first-order chi connectivity index (χ1) is 7.70. The van der Waals surface area contributed by atoms with Gasteiger partial charge in [0.1, 0.15) is 5.75 Å². The number of phenols is 1. The molecular formula is C14H15ClO. The maximum atomic E-state index is 9.06. The van der Waals surface area contributed by atoms with Gasteiger partial charge in [-0.1, -0.05) is 36.8 Å². The van der Waals surface area contributed by atoms with Gasteiger partial charge in [0.25, 0.3) is 0 Å². The Kier molecular flexibility index (Phi) is 3.41. The van der Waals surface area contributed by atoms with E-state index in [9.17, 15) is 0 Å². The molecule has 1 N–H and O–H groups in total. The van der Waals surface area contributed by atoms with Crippen molar-refractivity contribution in [3.05, 3.63) is 28.8 Å². The number of fused-ring (bicyclic) bond motifs is 1. The quantitative estimate of drug-likeness (QED) is 0.677. The van der Waals surface area contributed by atoms with Crippen LogP contribution in [0.2, 0.25) is 5.02 Å². The van der Waals surface area contributed by atoms with Crippen LogP contribution in [0, 0.1) is 24.2 Å². The second-order valence-electron chi connectivity index (χ2n) is 4.49. The van der Waals surface area contributed by atoms with Gasteiger partial charge in [-0.05, 0) is 36.5 Å². The van der Waals surface area contributed by atoms with E-state index in [2.05, 4.69) is 5.92 Å². The van der Waals surface area contributed by atoms with E-state index in [-0.39, 0.29) is 5.75 Å². The predicted molar refractivity (Wildman–Crippen MR) is 66.5 cm³/mol. The molecule has 0 radical (unpaired) electrons. The molecule has 0 aliphatic heterocycles. The third-order valence-electron chi connectivity index (χ3n) is 3.33. The van der Waals surface area contributed by atoms with Gasteiger partial charge in [0.15, 0.2) is 0 Å². The van der Waals surface area contributed by atoms with Crippen LogP contribution in [0.5, 0.6) is 5.75 Å². The van der Waals surface area contributed by atoms with Gasteiger partial charge in [0.05, 0.1) is 5.56 Å². The standard InChI is InChI=1S/C8H5ClO.C6H10/c1-2-6-3-4-7(9)5-8(6)10;1-2-5-4-6(5)3-1/h1,3-5,10H;5-6H,1-4H2. The van der Waals surface area contributed by atoms with Crippen molar-refractivity contribution < 1.29 is 5.11 Å². The van der Waals surface area contributed by atoms with E-state index < -0.39 is 0 Å². The summed E-state index contributed by atoms with van der Waals surface area (Å²) in [5.74, 6) is 4.79. The summed E-state index contributed by atoms with van der Waals surface area (Å²) in [6.07, 6.45) is 11.3. The number of hydrogen-bond donors (Lipinski definition) is 1. The minimum Gasteiger partial charge on any atom is -0.507 e. The van der Waals surface area contributed by atoms with Crippen LogP contribution < -0.4 is 0 Å². The van der Waals surface area contributed by atoms with E-state index in [1.165, 1.54) is 24.3 Å². The molecule has 0 bridgehead atoms. The first kappa shape index (κ1) is 11.4. The predicted octanol–water partition coefficient (Wildman–Crippen LogP) is 3.83. The summed E-state index contributed by atoms with van der Waals surface area (Å²) in [6, 6.07) is 4.64. The van der Waals surface area contributed by atoms with Crippen molar-refractivity contribution in [1.82, 2.24) is 0 Å². The van der Waals surface area contributed by atoms with Crippen LogP contribution in [0.15, 0.2) is 18.2 Å². The monoisotopic (exact) mass is 234 g/mol. The summed E-state index contributed by atoms with van der Waals surface area (Å²) in [5, 5.41) is 9.55. The van der Waals surface area contributed by atoms with Crippen molar-refractivity contribution >= 4 is 11.6 Å². The normalized spacial score (nSPS) is 25.0. The van der Waals surface area contributed by atoms with Crippen molar-refractivity contribution in [2.45, 2.75) is 25.7 Å². The molecule has 1 aromatic rings. The van der Waals surface area contributed by atoms with Gasteiger partial charge in [-0.2, -0.15) is 0 Å². The highest BCUT2D eigenvalue weighted by Crippen LogP contribution is 2.51. The summed E-state index contributed by atoms with van der Waals surface area (Å²) in [5.41, 5.74) is 0.462. The van der Waals surface area contributed by atoms with Crippen LogP contribution in [0.25, 0.3) is 0 Å². The second kappa shape index (κ2) is 4.80. The van der Waals surface area contributed by atoms with Gasteiger partial charge in [0.2, 0.25) is 0 Å². The summed E-state index contributed by atoms with van der Waals surface area (Å²) in [6.45, 7) is 0. The Morgan fingerprint density at radius 1 is 1.31 bits per heavy atom. The Bertz CT molecular complexity index is 411. The van der Waals surface area contributed by atoms with Crippen molar-refractivity contribution in [2.75, 3.05) is 0 Å². The minimum atomic E-state index is 0.0509. The molecule has 0 amide bonds. The first-order valence-corrected chi connectivity index (χ1v) is 6.03. The van der Waals surface area contributed by atoms with Crippen LogP contribution >= 0.6 is 11.6 Å². The smallest absolute Gasteiger partial charge is 0.132 e. The van der Waals surface area contributed by atoms with Crippen LogP contribution in [-0.4, -0.2) is 5.11 Å². The summed E-state index contributed by atoms with van der Waals surface area (Å²) >= 11 is 5.55. The van der Waals surface area contributed by atoms with Crippen LogP contribution in [0.4, 0.5) is 0 Å². The number of terminal acetylenes is 1. The van der Waals surface area contributed by atoms with Gasteiger partial charge < -0.3 is 5.11 Å². The van der Waals surface area contributed by atoms with E-state index in [1.54, 1.807) is 31.4 Å². The molecule has 2 saturated carbocycles. The van der Waals surface area contributed by atoms with Crippen molar-refractivity contribution in [3.8, 4) is 18.1 Å². The highest BCUT2D eigenvalue weighted by atomic mass is 35.5. The van der Waals surface area contributed by atoms with Gasteiger partial charge in [-0.3, -0.25) is 0 Å². The lowest BCUT2D eigenvalue weighted by atomic mass is 10.2. The fourth-order valence-corrected chi connectivity index (χ4v) is 2.45. The molecule has 2 atom stereocenters. The summed E-state index contributed by atoms with van der Waals surface area (Å²) < 4.78 is 0. The molecule has 2 unspecified atom stereocenters. The molecule has 84 valence electrons. The SMILES string of the molecule is C#Cc1ccc(Cl)cc1O.C1CC2CC2C1. The maximum Gasteiger partial charge on any atom is 0.132 e. The number of rotatable bonds is 0. The van der Waals surface area contributed by atoms with Crippen molar-refractivity contribution in [3.63, 3.8) is 0 Å². The minimum absolute atomic E-state index is 0.0509. The maximum absolute atomic E-state index is 9.06. The van der Waals surface area contributed by atoms with E-state index in [0.717, 1.165) is 0 Å². The molecule has 0 spiro atoms. The Morgan fingerprint density at radius 3 is 2.38 bits per heavy atom. The van der Waals surface area contributed by atoms with E-state index >= 15 is 0 Å². The third kappa shape index (κ3) is 2.71. The topological polar surface area (TPSA) is 20.2 Å². The van der Waals surface area contributed by atoms with E-state index in [4.69, 9.17) is 23.1 Å². The zero-order chi connectivity index (χ0) is 11.5. The fourth-order valence-electron chi connectivity index (χ4n) is 2.29. The van der Waals surface area contributed by atoms with Crippen LogP contribution in [0.3, 0.4) is 0 Å². The second-order valence-corrected chi connectivity index (χ2v) is 4.93. The highest BCUT2D eigenvalue weighted by Gasteiger charge is 2.40. The fraction of sp³-hybridized carbons (Fsp3) is 0.429. The molecule has 3 rings (SSSR count). The number of aromatic hydroxyl groups is 1. The lowest BCUT2D eigenvalue weighted by molar-refractivity contribution is 0.474. The zero-order valence-corrected chi connectivity index (χ0v) is 9.87. The van der Waals surface area contributed by atoms with Crippen LogP contribution in [-0.2, 0) is 0 Å². The first-order valence-electron chi connectivity index (χ1n) is 5.66. The zero-order valence-electron chi connectivity index (χ0n) is 9.12. The average molecular weight is 235 g/mol. The van der Waals surface area contributed by atoms with Crippen LogP contribution in [0.1, 0.15) is 31.2 Å². The molecule has 2 aliphatic rings. The van der Waals surface area contributed by atoms with Gasteiger partial charge in [-0.15, -0.1) is 6.42 Å². The largest absolute Gasteiger partial charge is 0.507 e. The van der Waals surface area contributed by atoms with Crippen molar-refractivity contribution in [1.29, 1.82) is 0 Å².